The van der Waals surface area contributed by atoms with Crippen molar-refractivity contribution in [1.82, 2.24) is 0 Å². The van der Waals surface area contributed by atoms with Crippen LogP contribution >= 0.6 is 23.5 Å². The lowest BCUT2D eigenvalue weighted by atomic mass is 10.1. The Morgan fingerprint density at radius 2 is 1.28 bits per heavy atom. The highest BCUT2D eigenvalue weighted by molar-refractivity contribution is 8.16. The van der Waals surface area contributed by atoms with Crippen LogP contribution < -0.4 is 9.47 Å². The average molecular weight is 425 g/mol. The van der Waals surface area contributed by atoms with Crippen LogP contribution in [-0.2, 0) is 9.59 Å². The molecule has 0 aliphatic rings. The molecule has 0 bridgehead atoms. The summed E-state index contributed by atoms with van der Waals surface area (Å²) in [5, 5.41) is 2.93. The molecule has 148 valence electrons. The van der Waals surface area contributed by atoms with E-state index in [4.69, 9.17) is 9.47 Å². The standard InChI is InChI=1S/C23H20O4S2/c1-4-22(24)28-15-13-26-20-9-5-18(6-10-20)19-7-11-21(12-8-19)27-14-16-29-23(25)17(2)3/h4-16H,1-2H2,3H3/b15-13-,16-14-. The number of benzene rings is 2. The zero-order valence-electron chi connectivity index (χ0n) is 15.9. The molecule has 0 heterocycles. The molecule has 4 nitrogen and oxygen atoms in total. The highest BCUT2D eigenvalue weighted by atomic mass is 32.2. The summed E-state index contributed by atoms with van der Waals surface area (Å²) >= 11 is 2.04. The van der Waals surface area contributed by atoms with Crippen molar-refractivity contribution < 1.29 is 19.1 Å². The highest BCUT2D eigenvalue weighted by Gasteiger charge is 2.01. The molecule has 2 aromatic rings. The summed E-state index contributed by atoms with van der Waals surface area (Å²) in [6, 6.07) is 15.2. The fourth-order valence-corrected chi connectivity index (χ4v) is 2.78. The highest BCUT2D eigenvalue weighted by Crippen LogP contribution is 2.25. The van der Waals surface area contributed by atoms with Crippen molar-refractivity contribution in [3.63, 3.8) is 0 Å². The van der Waals surface area contributed by atoms with Crippen molar-refractivity contribution in [2.75, 3.05) is 0 Å². The molecule has 29 heavy (non-hydrogen) atoms. The fraction of sp³-hybridized carbons (Fsp3) is 0.0435. The number of thioether (sulfide) groups is 2. The normalized spacial score (nSPS) is 10.8. The van der Waals surface area contributed by atoms with Crippen molar-refractivity contribution >= 4 is 33.8 Å². The van der Waals surface area contributed by atoms with Gasteiger partial charge in [0.25, 0.3) is 0 Å². The van der Waals surface area contributed by atoms with Crippen LogP contribution in [0.1, 0.15) is 6.92 Å². The molecule has 0 amide bonds. The number of carbonyl (C=O) groups is 2. The number of carbonyl (C=O) groups excluding carboxylic acids is 2. The van der Waals surface area contributed by atoms with Gasteiger partial charge in [0, 0.05) is 10.8 Å². The van der Waals surface area contributed by atoms with E-state index in [1.54, 1.807) is 17.7 Å². The molecule has 0 aliphatic heterocycles. The largest absolute Gasteiger partial charge is 0.464 e. The molecular weight excluding hydrogens is 404 g/mol. The van der Waals surface area contributed by atoms with Crippen LogP contribution in [0.15, 0.2) is 96.7 Å². The van der Waals surface area contributed by atoms with Gasteiger partial charge < -0.3 is 9.47 Å². The summed E-state index contributed by atoms with van der Waals surface area (Å²) < 4.78 is 10.9. The molecule has 0 radical (unpaired) electrons. The molecule has 0 N–H and O–H groups in total. The van der Waals surface area contributed by atoms with Gasteiger partial charge in [-0.05, 0) is 54.0 Å². The monoisotopic (exact) mass is 424 g/mol. The van der Waals surface area contributed by atoms with Crippen LogP contribution in [0.3, 0.4) is 0 Å². The molecule has 0 unspecified atom stereocenters. The molecule has 0 spiro atoms. The van der Waals surface area contributed by atoms with Gasteiger partial charge in [-0.2, -0.15) is 0 Å². The van der Waals surface area contributed by atoms with E-state index >= 15 is 0 Å². The SMILES string of the molecule is C=CC(=O)S/C=C\Oc1ccc(-c2ccc(O/C=C\SC(=O)C(=C)C)cc2)cc1. The van der Waals surface area contributed by atoms with Gasteiger partial charge in [0.05, 0.1) is 12.5 Å². The lowest BCUT2D eigenvalue weighted by molar-refractivity contribution is -0.108. The molecule has 0 saturated carbocycles. The van der Waals surface area contributed by atoms with E-state index < -0.39 is 0 Å². The minimum absolute atomic E-state index is 0.0906. The predicted octanol–water partition coefficient (Wildman–Crippen LogP) is 6.34. The minimum atomic E-state index is -0.137. The molecule has 6 heteroatoms. The summed E-state index contributed by atoms with van der Waals surface area (Å²) in [6.07, 6.45) is 4.18. The van der Waals surface area contributed by atoms with E-state index in [1.807, 2.05) is 48.5 Å². The Bertz CT molecular complexity index is 926. The first-order valence-corrected chi connectivity index (χ1v) is 10.3. The second kappa shape index (κ2) is 11.8. The average Bonchev–Trinajstić information content (AvgIpc) is 2.74. The van der Waals surface area contributed by atoms with Crippen LogP contribution in [0.2, 0.25) is 0 Å². The Labute approximate surface area is 179 Å². The predicted molar refractivity (Wildman–Crippen MR) is 122 cm³/mol. The van der Waals surface area contributed by atoms with Crippen LogP contribution in [0, 0.1) is 0 Å². The second-order valence-corrected chi connectivity index (χ2v) is 7.44. The number of ether oxygens (including phenoxy) is 2. The van der Waals surface area contributed by atoms with Gasteiger partial charge in [-0.15, -0.1) is 0 Å². The first-order chi connectivity index (χ1) is 14.0. The van der Waals surface area contributed by atoms with Crippen molar-refractivity contribution in [2.45, 2.75) is 6.92 Å². The zero-order valence-corrected chi connectivity index (χ0v) is 17.5. The maximum Gasteiger partial charge on any atom is 0.218 e. The van der Waals surface area contributed by atoms with E-state index in [0.717, 1.165) is 34.7 Å². The van der Waals surface area contributed by atoms with Gasteiger partial charge in [-0.1, -0.05) is 60.9 Å². The summed E-state index contributed by atoms with van der Waals surface area (Å²) in [5.74, 6) is 1.34. The third-order valence-electron chi connectivity index (χ3n) is 3.44. The molecule has 0 aromatic heterocycles. The Balaban J connectivity index is 1.88. The lowest BCUT2D eigenvalue weighted by Gasteiger charge is -2.05. The summed E-state index contributed by atoms with van der Waals surface area (Å²) in [4.78, 5) is 22.5. The van der Waals surface area contributed by atoms with Crippen LogP contribution in [0.4, 0.5) is 0 Å². The number of rotatable bonds is 9. The van der Waals surface area contributed by atoms with Crippen LogP contribution in [0.5, 0.6) is 11.5 Å². The minimum Gasteiger partial charge on any atom is -0.464 e. The maximum atomic E-state index is 11.4. The van der Waals surface area contributed by atoms with Gasteiger partial charge in [0.15, 0.2) is 0 Å². The molecule has 2 rings (SSSR count). The van der Waals surface area contributed by atoms with E-state index in [0.29, 0.717) is 17.1 Å². The zero-order chi connectivity index (χ0) is 21.1. The Morgan fingerprint density at radius 3 is 1.69 bits per heavy atom. The van der Waals surface area contributed by atoms with Gasteiger partial charge in [-0.3, -0.25) is 9.59 Å². The summed E-state index contributed by atoms with van der Waals surface area (Å²) in [6.45, 7) is 8.66. The van der Waals surface area contributed by atoms with Crippen molar-refractivity contribution in [1.29, 1.82) is 0 Å². The summed E-state index contributed by atoms with van der Waals surface area (Å²) in [7, 11) is 0. The van der Waals surface area contributed by atoms with E-state index in [-0.39, 0.29) is 10.2 Å². The van der Waals surface area contributed by atoms with Gasteiger partial charge in [0.2, 0.25) is 10.2 Å². The van der Waals surface area contributed by atoms with E-state index in [2.05, 4.69) is 13.2 Å². The first-order valence-electron chi connectivity index (χ1n) is 8.53. The van der Waals surface area contributed by atoms with Crippen molar-refractivity contribution in [3.8, 4) is 22.6 Å². The third-order valence-corrected chi connectivity index (χ3v) is 4.89. The molecule has 0 fully saturated rings. The molecule has 0 aliphatic carbocycles. The third kappa shape index (κ3) is 7.89. The van der Waals surface area contributed by atoms with Gasteiger partial charge in [-0.25, -0.2) is 0 Å². The molecule has 2 aromatic carbocycles. The molecule has 0 atom stereocenters. The second-order valence-electron chi connectivity index (χ2n) is 5.66. The van der Waals surface area contributed by atoms with Gasteiger partial charge in [0.1, 0.15) is 11.5 Å². The topological polar surface area (TPSA) is 52.6 Å². The quantitative estimate of drug-likeness (QED) is 0.346. The van der Waals surface area contributed by atoms with Crippen molar-refractivity contribution in [3.05, 3.63) is 96.7 Å². The smallest absolute Gasteiger partial charge is 0.218 e. The molecule has 0 saturated heterocycles. The molecular formula is C23H20O4S2. The Morgan fingerprint density at radius 1 is 0.828 bits per heavy atom. The van der Waals surface area contributed by atoms with Crippen LogP contribution in [0.25, 0.3) is 11.1 Å². The number of hydrogen-bond donors (Lipinski definition) is 0. The number of hydrogen-bond acceptors (Lipinski definition) is 6. The van der Waals surface area contributed by atoms with E-state index in [9.17, 15) is 9.59 Å². The fourth-order valence-electron chi connectivity index (χ4n) is 2.00. The lowest BCUT2D eigenvalue weighted by Crippen LogP contribution is -1.88. The Hall–Kier alpha value is -2.96. The van der Waals surface area contributed by atoms with Crippen molar-refractivity contribution in [2.24, 2.45) is 0 Å². The maximum absolute atomic E-state index is 11.4. The summed E-state index contributed by atoms with van der Waals surface area (Å²) in [5.41, 5.74) is 2.56. The van der Waals surface area contributed by atoms with E-state index in [1.165, 1.54) is 18.6 Å². The Kier molecular flexibility index (Phi) is 9.08. The van der Waals surface area contributed by atoms with Gasteiger partial charge >= 0.3 is 0 Å². The first kappa shape index (κ1) is 22.3. The van der Waals surface area contributed by atoms with Crippen LogP contribution in [-0.4, -0.2) is 10.2 Å².